The van der Waals surface area contributed by atoms with Crippen molar-refractivity contribution >= 4 is 11.8 Å². The van der Waals surface area contributed by atoms with Crippen molar-refractivity contribution < 1.29 is 9.59 Å². The lowest BCUT2D eigenvalue weighted by Gasteiger charge is -2.22. The van der Waals surface area contributed by atoms with E-state index in [0.29, 0.717) is 38.2 Å². The smallest absolute Gasteiger partial charge is 0.255 e. The summed E-state index contributed by atoms with van der Waals surface area (Å²) >= 11 is 0. The minimum absolute atomic E-state index is 0.0325. The Balaban J connectivity index is 1.61. The first-order chi connectivity index (χ1) is 12.0. The van der Waals surface area contributed by atoms with Gasteiger partial charge in [-0.15, -0.1) is 0 Å². The normalized spacial score (nSPS) is 15.3. The molecule has 25 heavy (non-hydrogen) atoms. The van der Waals surface area contributed by atoms with Gasteiger partial charge in [-0.2, -0.15) is 0 Å². The fourth-order valence-corrected chi connectivity index (χ4v) is 3.40. The maximum atomic E-state index is 12.7. The molecular weight excluding hydrogens is 316 g/mol. The summed E-state index contributed by atoms with van der Waals surface area (Å²) in [7, 11) is 2.02. The molecule has 134 valence electrons. The van der Waals surface area contributed by atoms with E-state index in [-0.39, 0.29) is 11.8 Å². The zero-order valence-corrected chi connectivity index (χ0v) is 15.2. The molecule has 3 rings (SSSR count). The molecule has 1 saturated heterocycles. The van der Waals surface area contributed by atoms with Crippen LogP contribution in [0.1, 0.15) is 33.7 Å². The zero-order valence-electron chi connectivity index (χ0n) is 15.2. The molecule has 1 aliphatic heterocycles. The minimum Gasteiger partial charge on any atom is -0.367 e. The molecule has 0 bridgehead atoms. The van der Waals surface area contributed by atoms with Crippen LogP contribution in [0.3, 0.4) is 0 Å². The Labute approximate surface area is 148 Å². The van der Waals surface area contributed by atoms with Gasteiger partial charge in [0, 0.05) is 57.0 Å². The summed E-state index contributed by atoms with van der Waals surface area (Å²) in [5.41, 5.74) is 4.08. The molecule has 2 aromatic rings. The van der Waals surface area contributed by atoms with E-state index >= 15 is 0 Å². The van der Waals surface area contributed by atoms with Crippen LogP contribution >= 0.6 is 0 Å². The summed E-state index contributed by atoms with van der Waals surface area (Å²) in [5, 5.41) is 0. The molecule has 3 heterocycles. The highest BCUT2D eigenvalue weighted by Crippen LogP contribution is 2.16. The second kappa shape index (κ2) is 7.17. The van der Waals surface area contributed by atoms with Crippen LogP contribution in [0, 0.1) is 13.8 Å². The predicted molar refractivity (Wildman–Crippen MR) is 96.5 cm³/mol. The molecule has 6 nitrogen and oxygen atoms in total. The molecular formula is C19H26N4O2. The Kier molecular flexibility index (Phi) is 4.97. The zero-order chi connectivity index (χ0) is 18.0. The van der Waals surface area contributed by atoms with Gasteiger partial charge in [0.2, 0.25) is 5.91 Å². The van der Waals surface area contributed by atoms with E-state index in [1.54, 1.807) is 18.5 Å². The first-order valence-corrected chi connectivity index (χ1v) is 8.79. The number of aryl methyl sites for hydroxylation is 1. The molecule has 0 aromatic carbocycles. The third kappa shape index (κ3) is 3.62. The van der Waals surface area contributed by atoms with Gasteiger partial charge in [-0.25, -0.2) is 0 Å². The van der Waals surface area contributed by atoms with Crippen molar-refractivity contribution in [3.05, 3.63) is 47.0 Å². The lowest BCUT2D eigenvalue weighted by atomic mass is 10.1. The van der Waals surface area contributed by atoms with Crippen molar-refractivity contribution in [3.8, 4) is 0 Å². The van der Waals surface area contributed by atoms with Crippen LogP contribution in [0.15, 0.2) is 24.5 Å². The van der Waals surface area contributed by atoms with Gasteiger partial charge < -0.3 is 19.4 Å². The van der Waals surface area contributed by atoms with Gasteiger partial charge in [0.05, 0.1) is 12.0 Å². The van der Waals surface area contributed by atoms with Crippen molar-refractivity contribution in [1.82, 2.24) is 19.4 Å². The number of H-pyrrole nitrogens is 1. The number of nitrogens with zero attached hydrogens (tertiary/aromatic N) is 3. The number of carbonyl (C=O) groups is 2. The Morgan fingerprint density at radius 3 is 2.48 bits per heavy atom. The Morgan fingerprint density at radius 1 is 1.12 bits per heavy atom. The van der Waals surface area contributed by atoms with Crippen LogP contribution < -0.4 is 0 Å². The standard InChI is InChI=1S/C19H26N4O2/c1-14-11-17(15(2)21(14)3)12-18(24)22-7-4-8-23(10-9-22)19(25)16-5-6-20-13-16/h5-6,11,13,20H,4,7-10,12H2,1-3H3. The molecule has 0 saturated carbocycles. The van der Waals surface area contributed by atoms with Crippen LogP contribution in [0.25, 0.3) is 0 Å². The average Bonchev–Trinajstić information content (AvgIpc) is 3.12. The first kappa shape index (κ1) is 17.3. The molecule has 6 heteroatoms. The van der Waals surface area contributed by atoms with E-state index in [0.717, 1.165) is 17.7 Å². The first-order valence-electron chi connectivity index (χ1n) is 8.79. The van der Waals surface area contributed by atoms with Crippen molar-refractivity contribution in [2.45, 2.75) is 26.7 Å². The van der Waals surface area contributed by atoms with Gasteiger partial charge in [-0.1, -0.05) is 0 Å². The summed E-state index contributed by atoms with van der Waals surface area (Å²) in [6.45, 7) is 6.69. The van der Waals surface area contributed by atoms with E-state index in [1.807, 2.05) is 16.8 Å². The molecule has 1 fully saturated rings. The second-order valence-corrected chi connectivity index (χ2v) is 6.76. The van der Waals surface area contributed by atoms with Crippen molar-refractivity contribution in [3.63, 3.8) is 0 Å². The third-order valence-electron chi connectivity index (χ3n) is 5.20. The van der Waals surface area contributed by atoms with Gasteiger partial charge in [0.15, 0.2) is 0 Å². The predicted octanol–water partition coefficient (Wildman–Crippen LogP) is 1.89. The lowest BCUT2D eigenvalue weighted by molar-refractivity contribution is -0.130. The number of hydrogen-bond acceptors (Lipinski definition) is 2. The minimum atomic E-state index is 0.0325. The van der Waals surface area contributed by atoms with E-state index in [1.165, 1.54) is 5.69 Å². The number of rotatable bonds is 3. The SMILES string of the molecule is Cc1cc(CC(=O)N2CCCN(C(=O)c3cc[nH]c3)CC2)c(C)n1C. The number of carbonyl (C=O) groups excluding carboxylic acids is 2. The van der Waals surface area contributed by atoms with Crippen LogP contribution in [0.4, 0.5) is 0 Å². The van der Waals surface area contributed by atoms with Crippen molar-refractivity contribution in [2.75, 3.05) is 26.2 Å². The fourth-order valence-electron chi connectivity index (χ4n) is 3.40. The second-order valence-electron chi connectivity index (χ2n) is 6.76. The average molecular weight is 342 g/mol. The van der Waals surface area contributed by atoms with Crippen LogP contribution in [-0.4, -0.2) is 57.3 Å². The molecule has 0 radical (unpaired) electrons. The van der Waals surface area contributed by atoms with Gasteiger partial charge in [-0.3, -0.25) is 9.59 Å². The maximum absolute atomic E-state index is 12.7. The number of amides is 2. The molecule has 0 spiro atoms. The Bertz CT molecular complexity index is 761. The fraction of sp³-hybridized carbons (Fsp3) is 0.474. The molecule has 1 N–H and O–H groups in total. The van der Waals surface area contributed by atoms with Gasteiger partial charge in [0.1, 0.15) is 0 Å². The molecule has 2 aromatic heterocycles. The van der Waals surface area contributed by atoms with E-state index in [9.17, 15) is 9.59 Å². The maximum Gasteiger partial charge on any atom is 0.255 e. The highest BCUT2D eigenvalue weighted by Gasteiger charge is 2.23. The summed E-state index contributed by atoms with van der Waals surface area (Å²) in [6.07, 6.45) is 4.72. The topological polar surface area (TPSA) is 61.3 Å². The van der Waals surface area contributed by atoms with Gasteiger partial charge in [-0.05, 0) is 38.0 Å². The third-order valence-corrected chi connectivity index (χ3v) is 5.20. The molecule has 0 aliphatic carbocycles. The molecule has 0 atom stereocenters. The lowest BCUT2D eigenvalue weighted by Crippen LogP contribution is -2.37. The number of hydrogen-bond donors (Lipinski definition) is 1. The molecule has 0 unspecified atom stereocenters. The van der Waals surface area contributed by atoms with Crippen molar-refractivity contribution in [1.29, 1.82) is 0 Å². The Hall–Kier alpha value is -2.50. The van der Waals surface area contributed by atoms with E-state index in [4.69, 9.17) is 0 Å². The summed E-state index contributed by atoms with van der Waals surface area (Å²) < 4.78 is 2.11. The monoisotopic (exact) mass is 342 g/mol. The van der Waals surface area contributed by atoms with Crippen molar-refractivity contribution in [2.24, 2.45) is 7.05 Å². The molecule has 1 aliphatic rings. The summed E-state index contributed by atoms with van der Waals surface area (Å²) in [4.78, 5) is 31.8. The summed E-state index contributed by atoms with van der Waals surface area (Å²) in [5.74, 6) is 0.176. The van der Waals surface area contributed by atoms with Gasteiger partial charge >= 0.3 is 0 Å². The largest absolute Gasteiger partial charge is 0.367 e. The highest BCUT2D eigenvalue weighted by atomic mass is 16.2. The number of nitrogens with one attached hydrogen (secondary N) is 1. The summed E-state index contributed by atoms with van der Waals surface area (Å²) in [6, 6.07) is 3.88. The Morgan fingerprint density at radius 2 is 1.84 bits per heavy atom. The number of aromatic nitrogens is 2. The van der Waals surface area contributed by atoms with Crippen LogP contribution in [0.2, 0.25) is 0 Å². The quantitative estimate of drug-likeness (QED) is 0.926. The van der Waals surface area contributed by atoms with Crippen LogP contribution in [0.5, 0.6) is 0 Å². The van der Waals surface area contributed by atoms with Gasteiger partial charge in [0.25, 0.3) is 5.91 Å². The van der Waals surface area contributed by atoms with E-state index < -0.39 is 0 Å². The number of aromatic amines is 1. The molecule has 2 amide bonds. The van der Waals surface area contributed by atoms with Crippen LogP contribution in [-0.2, 0) is 18.3 Å². The van der Waals surface area contributed by atoms with E-state index in [2.05, 4.69) is 29.5 Å². The highest BCUT2D eigenvalue weighted by molar-refractivity contribution is 5.94.